The van der Waals surface area contributed by atoms with Gasteiger partial charge in [-0.05, 0) is 33.2 Å². The summed E-state index contributed by atoms with van der Waals surface area (Å²) in [6.45, 7) is 6.39. The van der Waals surface area contributed by atoms with E-state index < -0.39 is 0 Å². The molecular weight excluding hydrogens is 212 g/mol. The monoisotopic (exact) mass is 236 g/mol. The third-order valence-electron chi connectivity index (χ3n) is 3.39. The van der Waals surface area contributed by atoms with Crippen molar-refractivity contribution in [1.82, 2.24) is 15.1 Å². The first-order valence-corrected chi connectivity index (χ1v) is 6.62. The van der Waals surface area contributed by atoms with Crippen LogP contribution >= 0.6 is 0 Å². The molecule has 0 aromatic carbocycles. The fraction of sp³-hybridized carbons (Fsp3) is 0.769. The molecule has 1 aliphatic carbocycles. The van der Waals surface area contributed by atoms with Crippen LogP contribution in [0.25, 0.3) is 0 Å². The van der Waals surface area contributed by atoms with E-state index in [1.165, 1.54) is 30.6 Å². The molecule has 0 saturated heterocycles. The van der Waals surface area contributed by atoms with Gasteiger partial charge in [0, 0.05) is 31.7 Å². The van der Waals surface area contributed by atoms with E-state index >= 15 is 0 Å². The Bertz CT molecular complexity index is 379. The molecule has 0 bridgehead atoms. The van der Waals surface area contributed by atoms with E-state index in [1.807, 2.05) is 7.05 Å². The first-order chi connectivity index (χ1) is 8.19. The summed E-state index contributed by atoms with van der Waals surface area (Å²) in [6, 6.07) is 0.750. The second-order valence-corrected chi connectivity index (χ2v) is 4.97. The van der Waals surface area contributed by atoms with Gasteiger partial charge in [-0.25, -0.2) is 0 Å². The van der Waals surface area contributed by atoms with Crippen molar-refractivity contribution in [3.8, 4) is 0 Å². The van der Waals surface area contributed by atoms with E-state index in [4.69, 9.17) is 0 Å². The molecule has 0 atom stereocenters. The largest absolute Gasteiger partial charge is 0.354 e. The van der Waals surface area contributed by atoms with Crippen molar-refractivity contribution in [1.29, 1.82) is 0 Å². The Kier molecular flexibility index (Phi) is 3.72. The highest BCUT2D eigenvalue weighted by Gasteiger charge is 2.32. The van der Waals surface area contributed by atoms with Crippen LogP contribution in [-0.2, 0) is 13.6 Å². The number of nitrogens with zero attached hydrogens (tertiary/aromatic N) is 3. The standard InChI is InChI=1S/C13H24N4/c1-5-8-17(11-6-7-11)13-12(9-14-3)10(2)15-16(13)4/h11,14H,5-9H2,1-4H3. The summed E-state index contributed by atoms with van der Waals surface area (Å²) in [5, 5.41) is 7.83. The zero-order chi connectivity index (χ0) is 12.4. The van der Waals surface area contributed by atoms with E-state index in [9.17, 15) is 0 Å². The van der Waals surface area contributed by atoms with Crippen LogP contribution in [0.4, 0.5) is 5.82 Å². The molecule has 0 spiro atoms. The maximum atomic E-state index is 4.58. The molecule has 1 saturated carbocycles. The third kappa shape index (κ3) is 2.46. The van der Waals surface area contributed by atoms with Gasteiger partial charge in [0.05, 0.1) is 5.69 Å². The Morgan fingerprint density at radius 1 is 1.47 bits per heavy atom. The Hall–Kier alpha value is -1.03. The molecule has 0 amide bonds. The van der Waals surface area contributed by atoms with Crippen molar-refractivity contribution in [3.63, 3.8) is 0 Å². The maximum absolute atomic E-state index is 4.58. The van der Waals surface area contributed by atoms with Gasteiger partial charge in [-0.15, -0.1) is 0 Å². The lowest BCUT2D eigenvalue weighted by Gasteiger charge is -2.25. The van der Waals surface area contributed by atoms with Gasteiger partial charge in [0.2, 0.25) is 0 Å². The molecule has 0 radical (unpaired) electrons. The molecule has 4 heteroatoms. The van der Waals surface area contributed by atoms with Crippen LogP contribution in [0.1, 0.15) is 37.4 Å². The van der Waals surface area contributed by atoms with E-state index in [1.54, 1.807) is 0 Å². The zero-order valence-corrected chi connectivity index (χ0v) is 11.5. The molecule has 2 rings (SSSR count). The van der Waals surface area contributed by atoms with Crippen molar-refractivity contribution >= 4 is 5.82 Å². The highest BCUT2D eigenvalue weighted by molar-refractivity contribution is 5.52. The summed E-state index contributed by atoms with van der Waals surface area (Å²) in [7, 11) is 4.06. The minimum Gasteiger partial charge on any atom is -0.354 e. The van der Waals surface area contributed by atoms with Gasteiger partial charge in [-0.1, -0.05) is 6.92 Å². The number of aromatic nitrogens is 2. The topological polar surface area (TPSA) is 33.1 Å². The van der Waals surface area contributed by atoms with Crippen LogP contribution < -0.4 is 10.2 Å². The molecule has 1 aromatic heterocycles. The molecule has 17 heavy (non-hydrogen) atoms. The first kappa shape index (κ1) is 12.4. The van der Waals surface area contributed by atoms with E-state index in [0.717, 1.165) is 24.8 Å². The lowest BCUT2D eigenvalue weighted by molar-refractivity contribution is 0.678. The number of nitrogens with one attached hydrogen (secondary N) is 1. The molecule has 1 heterocycles. The quantitative estimate of drug-likeness (QED) is 0.818. The van der Waals surface area contributed by atoms with Crippen LogP contribution in [0.15, 0.2) is 0 Å². The molecule has 4 nitrogen and oxygen atoms in total. The molecule has 0 aliphatic heterocycles. The number of rotatable bonds is 6. The SMILES string of the molecule is CCCN(c1c(CNC)c(C)nn1C)C1CC1. The number of aryl methyl sites for hydroxylation is 2. The number of hydrogen-bond donors (Lipinski definition) is 1. The summed E-state index contributed by atoms with van der Waals surface area (Å²) >= 11 is 0. The Morgan fingerprint density at radius 2 is 2.18 bits per heavy atom. The van der Waals surface area contributed by atoms with Crippen LogP contribution in [-0.4, -0.2) is 29.4 Å². The van der Waals surface area contributed by atoms with Gasteiger partial charge in [-0.3, -0.25) is 4.68 Å². The predicted octanol–water partition coefficient (Wildman–Crippen LogP) is 1.83. The zero-order valence-electron chi connectivity index (χ0n) is 11.5. The van der Waals surface area contributed by atoms with Crippen LogP contribution in [0.3, 0.4) is 0 Å². The van der Waals surface area contributed by atoms with Crippen LogP contribution in [0.2, 0.25) is 0 Å². The smallest absolute Gasteiger partial charge is 0.131 e. The van der Waals surface area contributed by atoms with E-state index in [-0.39, 0.29) is 0 Å². The maximum Gasteiger partial charge on any atom is 0.131 e. The van der Waals surface area contributed by atoms with Gasteiger partial charge >= 0.3 is 0 Å². The Morgan fingerprint density at radius 3 is 2.71 bits per heavy atom. The van der Waals surface area contributed by atoms with Crippen LogP contribution in [0, 0.1) is 6.92 Å². The lowest BCUT2D eigenvalue weighted by atomic mass is 10.2. The average Bonchev–Trinajstić information content (AvgIpc) is 3.06. The molecule has 1 N–H and O–H groups in total. The Labute approximate surface area is 104 Å². The second-order valence-electron chi connectivity index (χ2n) is 4.97. The van der Waals surface area contributed by atoms with Crippen molar-refractivity contribution in [2.24, 2.45) is 7.05 Å². The molecule has 1 fully saturated rings. The van der Waals surface area contributed by atoms with Crippen molar-refractivity contribution < 1.29 is 0 Å². The summed E-state index contributed by atoms with van der Waals surface area (Å²) in [6.07, 6.45) is 3.87. The van der Waals surface area contributed by atoms with Crippen molar-refractivity contribution in [2.75, 3.05) is 18.5 Å². The fourth-order valence-electron chi connectivity index (χ4n) is 2.52. The summed E-state index contributed by atoms with van der Waals surface area (Å²) < 4.78 is 2.05. The van der Waals surface area contributed by atoms with Gasteiger partial charge in [0.15, 0.2) is 0 Å². The predicted molar refractivity (Wildman–Crippen MR) is 71.4 cm³/mol. The number of hydrogen-bond acceptors (Lipinski definition) is 3. The van der Waals surface area contributed by atoms with Gasteiger partial charge in [0.25, 0.3) is 0 Å². The van der Waals surface area contributed by atoms with E-state index in [2.05, 4.69) is 40.9 Å². The molecule has 96 valence electrons. The van der Waals surface area contributed by atoms with Gasteiger partial charge in [0.1, 0.15) is 5.82 Å². The number of anilines is 1. The highest BCUT2D eigenvalue weighted by atomic mass is 15.4. The molecule has 1 aromatic rings. The van der Waals surface area contributed by atoms with E-state index in [0.29, 0.717) is 0 Å². The third-order valence-corrected chi connectivity index (χ3v) is 3.39. The molecule has 1 aliphatic rings. The van der Waals surface area contributed by atoms with Gasteiger partial charge < -0.3 is 10.2 Å². The minimum absolute atomic E-state index is 0.750. The Balaban J connectivity index is 2.33. The highest BCUT2D eigenvalue weighted by Crippen LogP contribution is 2.34. The average molecular weight is 236 g/mol. The summed E-state index contributed by atoms with van der Waals surface area (Å²) in [4.78, 5) is 2.55. The van der Waals surface area contributed by atoms with Crippen LogP contribution in [0.5, 0.6) is 0 Å². The lowest BCUT2D eigenvalue weighted by Crippen LogP contribution is -2.30. The first-order valence-electron chi connectivity index (χ1n) is 6.62. The minimum atomic E-state index is 0.750. The second kappa shape index (κ2) is 5.08. The van der Waals surface area contributed by atoms with Crippen molar-refractivity contribution in [3.05, 3.63) is 11.3 Å². The summed E-state index contributed by atoms with van der Waals surface area (Å²) in [5.41, 5.74) is 2.51. The van der Waals surface area contributed by atoms with Gasteiger partial charge in [-0.2, -0.15) is 5.10 Å². The van der Waals surface area contributed by atoms with Crippen molar-refractivity contribution in [2.45, 2.75) is 45.7 Å². The summed E-state index contributed by atoms with van der Waals surface area (Å²) in [5.74, 6) is 1.32. The molecular formula is C13H24N4. The molecule has 0 unspecified atom stereocenters. The fourth-order valence-corrected chi connectivity index (χ4v) is 2.52. The normalized spacial score (nSPS) is 15.3.